The zero-order valence-electron chi connectivity index (χ0n) is 23.3. The third kappa shape index (κ3) is 6.78. The van der Waals surface area contributed by atoms with Gasteiger partial charge in [-0.2, -0.15) is 0 Å². The van der Waals surface area contributed by atoms with Crippen LogP contribution in [-0.4, -0.2) is 34.7 Å². The summed E-state index contributed by atoms with van der Waals surface area (Å²) in [5.74, 6) is 0.628. The molecule has 0 spiro atoms. The van der Waals surface area contributed by atoms with Crippen molar-refractivity contribution in [3.63, 3.8) is 0 Å². The molecule has 2 aromatic rings. The number of hydrogen-bond acceptors (Lipinski definition) is 4. The van der Waals surface area contributed by atoms with Crippen molar-refractivity contribution in [1.29, 1.82) is 0 Å². The molecule has 1 aliphatic rings. The lowest BCUT2D eigenvalue weighted by atomic mass is 9.73. The molecule has 36 heavy (non-hydrogen) atoms. The number of rotatable bonds is 11. The highest BCUT2D eigenvalue weighted by atomic mass is 16.3. The van der Waals surface area contributed by atoms with Crippen LogP contribution in [0.4, 0.5) is 0 Å². The van der Waals surface area contributed by atoms with Gasteiger partial charge in [0, 0.05) is 23.6 Å². The molecule has 3 rings (SSSR count). The highest BCUT2D eigenvalue weighted by Crippen LogP contribution is 2.38. The molecule has 1 saturated carbocycles. The van der Waals surface area contributed by atoms with Crippen molar-refractivity contribution >= 4 is 12.4 Å². The Morgan fingerprint density at radius 3 is 1.83 bits per heavy atom. The highest BCUT2D eigenvalue weighted by Gasteiger charge is 2.28. The minimum absolute atomic E-state index is 0.0872. The Kier molecular flexibility index (Phi) is 9.76. The number of unbranched alkanes of at least 4 members (excludes halogenated alkanes) is 2. The van der Waals surface area contributed by atoms with Crippen molar-refractivity contribution in [3.05, 3.63) is 57.6 Å². The topological polar surface area (TPSA) is 65.2 Å². The average Bonchev–Trinajstić information content (AvgIpc) is 3.30. The Morgan fingerprint density at radius 2 is 1.31 bits per heavy atom. The predicted octanol–water partition coefficient (Wildman–Crippen LogP) is 8.12. The fraction of sp³-hybridized carbons (Fsp3) is 0.562. The minimum atomic E-state index is 0.0872. The van der Waals surface area contributed by atoms with Gasteiger partial charge in [0.25, 0.3) is 0 Å². The second kappa shape index (κ2) is 12.6. The van der Waals surface area contributed by atoms with Gasteiger partial charge in [0.2, 0.25) is 0 Å². The summed E-state index contributed by atoms with van der Waals surface area (Å²) in [6, 6.07) is 8.47. The Hall–Kier alpha value is -2.62. The van der Waals surface area contributed by atoms with Gasteiger partial charge in [0.15, 0.2) is 0 Å². The standard InChI is InChI=1S/C32H46N2O2/c1-7-9-14-32(6,15-10-8-2)27-18-24(5)31(36)26(19-27)21-34-29-13-11-12-28(29)33-20-25-17-22(3)16-23(4)30(25)35/h16-21,28-29,35-36H,7-15H2,1-6H3. The maximum absolute atomic E-state index is 10.9. The molecule has 2 atom stereocenters. The van der Waals surface area contributed by atoms with E-state index in [0.29, 0.717) is 11.5 Å². The van der Waals surface area contributed by atoms with Gasteiger partial charge in [-0.1, -0.05) is 58.6 Å². The van der Waals surface area contributed by atoms with Gasteiger partial charge < -0.3 is 10.2 Å². The summed E-state index contributed by atoms with van der Waals surface area (Å²) in [6.45, 7) is 12.8. The lowest BCUT2D eigenvalue weighted by Gasteiger charge is -2.31. The fourth-order valence-corrected chi connectivity index (χ4v) is 5.51. The molecule has 0 heterocycles. The third-order valence-corrected chi connectivity index (χ3v) is 7.92. The van der Waals surface area contributed by atoms with Crippen molar-refractivity contribution in [1.82, 2.24) is 0 Å². The van der Waals surface area contributed by atoms with Crippen molar-refractivity contribution in [2.45, 2.75) is 117 Å². The van der Waals surface area contributed by atoms with E-state index in [1.807, 2.05) is 45.3 Å². The minimum Gasteiger partial charge on any atom is -0.507 e. The maximum Gasteiger partial charge on any atom is 0.127 e. The van der Waals surface area contributed by atoms with Gasteiger partial charge in [-0.25, -0.2) is 0 Å². The smallest absolute Gasteiger partial charge is 0.127 e. The number of aryl methyl sites for hydroxylation is 3. The molecule has 1 fully saturated rings. The van der Waals surface area contributed by atoms with E-state index in [4.69, 9.17) is 9.98 Å². The van der Waals surface area contributed by atoms with E-state index in [9.17, 15) is 10.2 Å². The lowest BCUT2D eigenvalue weighted by Crippen LogP contribution is -2.22. The van der Waals surface area contributed by atoms with Crippen LogP contribution in [0.15, 0.2) is 34.3 Å². The second-order valence-electron chi connectivity index (χ2n) is 11.1. The van der Waals surface area contributed by atoms with Crippen LogP contribution in [0.25, 0.3) is 0 Å². The SMILES string of the molecule is CCCCC(C)(CCCC)c1cc(C)c(O)c(C=NC2CCCC2N=Cc2cc(C)cc(C)c2O)c1. The molecule has 2 unspecified atom stereocenters. The summed E-state index contributed by atoms with van der Waals surface area (Å²) in [5.41, 5.74) is 5.90. The summed E-state index contributed by atoms with van der Waals surface area (Å²) < 4.78 is 0. The number of benzene rings is 2. The number of aliphatic imine (C=N–C) groups is 2. The first kappa shape index (κ1) is 28.0. The Balaban J connectivity index is 1.84. The maximum atomic E-state index is 10.9. The van der Waals surface area contributed by atoms with Crippen LogP contribution >= 0.6 is 0 Å². The second-order valence-corrected chi connectivity index (χ2v) is 11.1. The quantitative estimate of drug-likeness (QED) is 0.312. The molecule has 0 radical (unpaired) electrons. The van der Waals surface area contributed by atoms with Crippen LogP contribution in [0, 0.1) is 20.8 Å². The summed E-state index contributed by atoms with van der Waals surface area (Å²) in [5, 5.41) is 21.3. The molecule has 196 valence electrons. The molecule has 1 aliphatic carbocycles. The molecule has 0 aromatic heterocycles. The molecule has 4 nitrogen and oxygen atoms in total. The van der Waals surface area contributed by atoms with E-state index in [1.165, 1.54) is 31.2 Å². The Bertz CT molecular complexity index is 1080. The monoisotopic (exact) mass is 490 g/mol. The molecule has 4 heteroatoms. The first-order chi connectivity index (χ1) is 17.2. The molecule has 0 aliphatic heterocycles. The predicted molar refractivity (Wildman–Crippen MR) is 153 cm³/mol. The first-order valence-electron chi connectivity index (χ1n) is 13.9. The summed E-state index contributed by atoms with van der Waals surface area (Å²) in [4.78, 5) is 9.77. The molecule has 0 amide bonds. The summed E-state index contributed by atoms with van der Waals surface area (Å²) >= 11 is 0. The largest absolute Gasteiger partial charge is 0.507 e. The van der Waals surface area contributed by atoms with Crippen LogP contribution in [0.3, 0.4) is 0 Å². The van der Waals surface area contributed by atoms with Crippen molar-refractivity contribution < 1.29 is 10.2 Å². The summed E-state index contributed by atoms with van der Waals surface area (Å²) in [7, 11) is 0. The van der Waals surface area contributed by atoms with E-state index in [-0.39, 0.29) is 17.5 Å². The molecule has 0 saturated heterocycles. The van der Waals surface area contributed by atoms with Gasteiger partial charge >= 0.3 is 0 Å². The number of nitrogens with zero attached hydrogens (tertiary/aromatic N) is 2. The van der Waals surface area contributed by atoms with Gasteiger partial charge in [0.1, 0.15) is 11.5 Å². The Labute approximate surface area is 218 Å². The van der Waals surface area contributed by atoms with E-state index >= 15 is 0 Å². The van der Waals surface area contributed by atoms with E-state index in [0.717, 1.165) is 59.9 Å². The average molecular weight is 491 g/mol. The molecule has 0 bridgehead atoms. The number of hydrogen-bond donors (Lipinski definition) is 2. The number of phenols is 2. The fourth-order valence-electron chi connectivity index (χ4n) is 5.51. The molecular weight excluding hydrogens is 444 g/mol. The lowest BCUT2D eigenvalue weighted by molar-refractivity contribution is 0.373. The molecule has 2 aromatic carbocycles. The van der Waals surface area contributed by atoms with Crippen LogP contribution in [0.1, 0.15) is 112 Å². The Morgan fingerprint density at radius 1 is 0.806 bits per heavy atom. The van der Waals surface area contributed by atoms with E-state index in [1.54, 1.807) is 0 Å². The van der Waals surface area contributed by atoms with E-state index in [2.05, 4.69) is 32.9 Å². The van der Waals surface area contributed by atoms with Gasteiger partial charge in [-0.3, -0.25) is 9.98 Å². The van der Waals surface area contributed by atoms with Gasteiger partial charge in [0.05, 0.1) is 12.1 Å². The van der Waals surface area contributed by atoms with Gasteiger partial charge in [-0.05, 0) is 92.7 Å². The van der Waals surface area contributed by atoms with Gasteiger partial charge in [-0.15, -0.1) is 0 Å². The normalized spacial score (nSPS) is 18.6. The first-order valence-corrected chi connectivity index (χ1v) is 13.9. The number of aromatic hydroxyl groups is 2. The zero-order valence-corrected chi connectivity index (χ0v) is 23.3. The number of phenolic OH excluding ortho intramolecular Hbond substituents is 2. The third-order valence-electron chi connectivity index (χ3n) is 7.92. The van der Waals surface area contributed by atoms with Crippen LogP contribution < -0.4 is 0 Å². The van der Waals surface area contributed by atoms with Crippen molar-refractivity contribution in [2.24, 2.45) is 9.98 Å². The van der Waals surface area contributed by atoms with E-state index < -0.39 is 0 Å². The molecule has 2 N–H and O–H groups in total. The van der Waals surface area contributed by atoms with Crippen LogP contribution in [0.2, 0.25) is 0 Å². The van der Waals surface area contributed by atoms with Crippen molar-refractivity contribution in [2.75, 3.05) is 0 Å². The molecular formula is C32H46N2O2. The zero-order chi connectivity index (χ0) is 26.3. The highest BCUT2D eigenvalue weighted by molar-refractivity contribution is 5.85. The van der Waals surface area contributed by atoms with Crippen LogP contribution in [0.5, 0.6) is 11.5 Å². The van der Waals surface area contributed by atoms with Crippen molar-refractivity contribution in [3.8, 4) is 11.5 Å². The summed E-state index contributed by atoms with van der Waals surface area (Å²) in [6.07, 6.45) is 13.9. The van der Waals surface area contributed by atoms with Crippen LogP contribution in [-0.2, 0) is 5.41 Å².